The molecule has 0 unspecified atom stereocenters. The summed E-state index contributed by atoms with van der Waals surface area (Å²) in [6.45, 7) is 2.07. The van der Waals surface area contributed by atoms with E-state index in [9.17, 15) is 0 Å². The largest absolute Gasteiger partial charge is 0.457 e. The lowest BCUT2D eigenvalue weighted by atomic mass is 10.0. The average Bonchev–Trinajstić information content (AvgIpc) is 3.17. The molecule has 0 N–H and O–H groups in total. The molecule has 0 atom stereocenters. The van der Waals surface area contributed by atoms with Gasteiger partial charge < -0.3 is 9.47 Å². The summed E-state index contributed by atoms with van der Waals surface area (Å²) in [6, 6.07) is 56.7. The molecule has 0 saturated carbocycles. The first-order valence-corrected chi connectivity index (χ1v) is 19.3. The Hall–Kier alpha value is -4.59. The van der Waals surface area contributed by atoms with Gasteiger partial charge in [0.1, 0.15) is 22.9 Å². The molecule has 0 bridgehead atoms. The number of nitrogens with zero attached hydrogens (tertiary/aromatic N) is 1. The molecule has 0 aliphatic rings. The fourth-order valence-electron chi connectivity index (χ4n) is 5.08. The number of alkyl halides is 1. The topological polar surface area (TPSA) is 30.8 Å². The fraction of sp³-hybridized carbons (Fsp3) is 0.156. The molecule has 5 heteroatoms. The maximum atomic E-state index is 6.01. The van der Waals surface area contributed by atoms with Crippen LogP contribution in [0.2, 0.25) is 0 Å². The summed E-state index contributed by atoms with van der Waals surface area (Å²) in [5.74, 6) is 3.33. The number of hydrogen-bond acceptors (Lipinski definition) is 4. The maximum absolute atomic E-state index is 6.01. The van der Waals surface area contributed by atoms with Gasteiger partial charge in [-0.1, -0.05) is 162 Å². The summed E-state index contributed by atoms with van der Waals surface area (Å²) in [6.07, 6.45) is 4.60. The van der Waals surface area contributed by atoms with Gasteiger partial charge in [0.15, 0.2) is 5.75 Å². The molecular weight excluding hydrogens is 745 g/mol. The van der Waals surface area contributed by atoms with E-state index in [2.05, 4.69) is 84.1 Å². The molecule has 0 heterocycles. The normalized spacial score (nSPS) is 10.5. The van der Waals surface area contributed by atoms with Crippen molar-refractivity contribution < 1.29 is 9.47 Å². The van der Waals surface area contributed by atoms with E-state index in [0.717, 1.165) is 76.9 Å². The van der Waals surface area contributed by atoms with Crippen molar-refractivity contribution in [2.75, 3.05) is 4.93 Å². The van der Waals surface area contributed by atoms with E-state index in [-0.39, 0.29) is 0 Å². The molecule has 0 aromatic heterocycles. The van der Waals surface area contributed by atoms with Crippen LogP contribution in [0.15, 0.2) is 175 Å². The van der Waals surface area contributed by atoms with Crippen LogP contribution in [0.5, 0.6) is 23.0 Å². The Morgan fingerprint density at radius 3 is 1.50 bits per heavy atom. The number of ether oxygens (including phenoxy) is 2. The van der Waals surface area contributed by atoms with Crippen LogP contribution in [0.25, 0.3) is 0 Å². The Kier molecular flexibility index (Phi) is 17.0. The minimum Gasteiger partial charge on any atom is -0.457 e. The third kappa shape index (κ3) is 13.7. The highest BCUT2D eigenvalue weighted by Crippen LogP contribution is 2.32. The lowest BCUT2D eigenvalue weighted by Gasteiger charge is -2.12. The van der Waals surface area contributed by atoms with Gasteiger partial charge in [0.2, 0.25) is 0 Å². The van der Waals surface area contributed by atoms with Gasteiger partial charge in [-0.15, -0.1) is 0 Å². The number of para-hydroxylation sites is 5. The summed E-state index contributed by atoms with van der Waals surface area (Å²) < 4.78 is 12.0. The van der Waals surface area contributed by atoms with Gasteiger partial charge in [-0.05, 0) is 102 Å². The minimum atomic E-state index is 0.769. The van der Waals surface area contributed by atoms with Crippen molar-refractivity contribution in [1.29, 1.82) is 0 Å². The molecule has 254 valence electrons. The van der Waals surface area contributed by atoms with Crippen molar-refractivity contribution in [3.8, 4) is 23.0 Å². The summed E-state index contributed by atoms with van der Waals surface area (Å²) in [5.41, 5.74) is 5.77. The Morgan fingerprint density at radius 1 is 0.520 bits per heavy atom. The second kappa shape index (κ2) is 22.2. The van der Waals surface area contributed by atoms with E-state index in [4.69, 9.17) is 26.7 Å². The molecule has 0 aliphatic heterocycles. The van der Waals surface area contributed by atoms with Gasteiger partial charge in [0.25, 0.3) is 0 Å². The zero-order valence-electron chi connectivity index (χ0n) is 28.8. The smallest absolute Gasteiger partial charge is 0.153 e. The molecule has 0 amide bonds. The van der Waals surface area contributed by atoms with Gasteiger partial charge in [0.05, 0.1) is 0 Å². The zero-order chi connectivity index (χ0) is 35.2. The van der Waals surface area contributed by atoms with Gasteiger partial charge in [-0.25, -0.2) is 0 Å². The Labute approximate surface area is 317 Å². The fourth-order valence-corrected chi connectivity index (χ4v) is 5.33. The molecule has 0 spiro atoms. The van der Waals surface area contributed by atoms with E-state index in [1.54, 1.807) is 0 Å². The van der Waals surface area contributed by atoms with E-state index in [1.807, 2.05) is 120 Å². The maximum Gasteiger partial charge on any atom is 0.153 e. The van der Waals surface area contributed by atoms with Crippen molar-refractivity contribution in [1.82, 2.24) is 0 Å². The molecule has 3 nitrogen and oxygen atoms in total. The van der Waals surface area contributed by atoms with Crippen LogP contribution in [0, 0.1) is 0 Å². The lowest BCUT2D eigenvalue weighted by Crippen LogP contribution is -2.03. The molecule has 6 aromatic carbocycles. The van der Waals surface area contributed by atoms with E-state index >= 15 is 0 Å². The van der Waals surface area contributed by atoms with Crippen molar-refractivity contribution in [2.45, 2.75) is 39.0 Å². The molecule has 0 saturated heterocycles. The standard InChI is InChI=1S/C22H21NO.C22H20OS.CH3I/c1-18(16-17-19-10-4-2-5-11-19)23-21-14-8-9-15-22(21)24-20-12-6-3-7-13-20;24-21(16-15-18-9-3-1-4-10-18)17-19-11-7-8-14-22(19)23-20-12-5-2-6-13-20;1-2/h2-15H,16-17H2,1H3;1-14H,15-17H2;1H3. The van der Waals surface area contributed by atoms with Crippen LogP contribution in [0.1, 0.15) is 36.5 Å². The molecule has 0 aliphatic carbocycles. The molecule has 6 rings (SSSR count). The Bertz CT molecular complexity index is 1860. The van der Waals surface area contributed by atoms with Crippen LogP contribution in [-0.4, -0.2) is 15.5 Å². The van der Waals surface area contributed by atoms with E-state index < -0.39 is 0 Å². The zero-order valence-corrected chi connectivity index (χ0v) is 31.7. The Morgan fingerprint density at radius 2 is 0.940 bits per heavy atom. The minimum absolute atomic E-state index is 0.769. The van der Waals surface area contributed by atoms with Gasteiger partial charge in [-0.2, -0.15) is 0 Å². The lowest BCUT2D eigenvalue weighted by molar-refractivity contribution is 0.478. The highest BCUT2D eigenvalue weighted by molar-refractivity contribution is 14.1. The number of hydrogen-bond donors (Lipinski definition) is 0. The van der Waals surface area contributed by atoms with Crippen LogP contribution in [-0.2, 0) is 19.3 Å². The third-order valence-electron chi connectivity index (χ3n) is 7.63. The van der Waals surface area contributed by atoms with Gasteiger partial charge >= 0.3 is 0 Å². The number of benzene rings is 6. The molecule has 0 radical (unpaired) electrons. The van der Waals surface area contributed by atoms with Crippen molar-refractivity contribution in [3.63, 3.8) is 0 Å². The summed E-state index contributed by atoms with van der Waals surface area (Å²) >= 11 is 7.75. The molecular formula is C45H44INO2S. The van der Waals surface area contributed by atoms with Gasteiger partial charge in [-0.3, -0.25) is 4.99 Å². The van der Waals surface area contributed by atoms with Crippen LogP contribution in [0.4, 0.5) is 5.69 Å². The van der Waals surface area contributed by atoms with Crippen LogP contribution >= 0.6 is 34.8 Å². The predicted molar refractivity (Wildman–Crippen MR) is 224 cm³/mol. The van der Waals surface area contributed by atoms with E-state index in [0.29, 0.717) is 0 Å². The summed E-state index contributed by atoms with van der Waals surface area (Å²) in [4.78, 5) is 7.79. The third-order valence-corrected chi connectivity index (χ3v) is 7.98. The first-order valence-electron chi connectivity index (χ1n) is 16.8. The van der Waals surface area contributed by atoms with Crippen molar-refractivity contribution >= 4 is 51.1 Å². The second-order valence-corrected chi connectivity index (χ2v) is 12.0. The monoisotopic (exact) mass is 789 g/mol. The van der Waals surface area contributed by atoms with Gasteiger partial charge in [0, 0.05) is 12.1 Å². The predicted octanol–water partition coefficient (Wildman–Crippen LogP) is 13.3. The van der Waals surface area contributed by atoms with E-state index in [1.165, 1.54) is 11.1 Å². The highest BCUT2D eigenvalue weighted by atomic mass is 127. The van der Waals surface area contributed by atoms with Crippen molar-refractivity contribution in [3.05, 3.63) is 187 Å². The highest BCUT2D eigenvalue weighted by Gasteiger charge is 2.08. The van der Waals surface area contributed by atoms with Crippen LogP contribution in [0.3, 0.4) is 0 Å². The number of thiocarbonyl (C=S) groups is 1. The SMILES string of the molecule is CC(CCc1ccccc1)=Nc1ccccc1Oc1ccccc1.CI.S=C(CCc1ccccc1)Cc1ccccc1Oc1ccccc1. The average molecular weight is 790 g/mol. The molecule has 50 heavy (non-hydrogen) atoms. The number of rotatable bonds is 13. The number of aliphatic imine (C=N–C) groups is 1. The second-order valence-electron chi connectivity index (χ2n) is 11.4. The van der Waals surface area contributed by atoms with Crippen molar-refractivity contribution in [2.24, 2.45) is 4.99 Å². The molecule has 6 aromatic rings. The number of aryl methyl sites for hydroxylation is 2. The summed E-state index contributed by atoms with van der Waals surface area (Å²) in [7, 11) is 0. The Balaban J connectivity index is 0.000000214. The first-order chi connectivity index (χ1) is 24.6. The molecule has 0 fully saturated rings. The van der Waals surface area contributed by atoms with Crippen LogP contribution < -0.4 is 9.47 Å². The quantitative estimate of drug-likeness (QED) is 0.0505. The first kappa shape index (κ1) is 38.2. The summed E-state index contributed by atoms with van der Waals surface area (Å²) in [5, 5.41) is 0. The number of halogens is 1.